The molecule has 4 nitrogen and oxygen atoms in total. The van der Waals surface area contributed by atoms with Crippen molar-refractivity contribution in [2.75, 3.05) is 5.32 Å². The number of hydrogen-bond donors (Lipinski definition) is 1. The highest BCUT2D eigenvalue weighted by molar-refractivity contribution is 9.10. The van der Waals surface area contributed by atoms with E-state index in [4.69, 9.17) is 23.2 Å². The number of rotatable bonds is 2. The van der Waals surface area contributed by atoms with Crippen molar-refractivity contribution in [2.45, 2.75) is 6.92 Å². The van der Waals surface area contributed by atoms with Gasteiger partial charge in [-0.2, -0.15) is 0 Å². The minimum atomic E-state index is -0.545. The van der Waals surface area contributed by atoms with Crippen LogP contribution in [0.1, 0.15) is 15.9 Å². The third-order valence-corrected chi connectivity index (χ3v) is 3.55. The summed E-state index contributed by atoms with van der Waals surface area (Å²) in [6.45, 7) is 1.74. The summed E-state index contributed by atoms with van der Waals surface area (Å²) in [6.07, 6.45) is 0. The maximum atomic E-state index is 13.5. The van der Waals surface area contributed by atoms with Crippen LogP contribution in [0, 0.1) is 12.7 Å². The third kappa shape index (κ3) is 3.26. The number of halogens is 4. The molecule has 104 valence electrons. The fourth-order valence-corrected chi connectivity index (χ4v) is 2.27. The van der Waals surface area contributed by atoms with Gasteiger partial charge in [0.05, 0.1) is 10.0 Å². The number of benzene rings is 1. The van der Waals surface area contributed by atoms with E-state index in [9.17, 15) is 9.18 Å². The normalized spacial score (nSPS) is 10.4. The Labute approximate surface area is 132 Å². The zero-order valence-electron chi connectivity index (χ0n) is 10.0. The van der Waals surface area contributed by atoms with Crippen LogP contribution in [0.15, 0.2) is 22.7 Å². The summed E-state index contributed by atoms with van der Waals surface area (Å²) in [5.41, 5.74) is 1.09. The molecule has 1 aromatic carbocycles. The molecule has 0 bridgehead atoms. The Morgan fingerprint density at radius 2 is 2.00 bits per heavy atom. The molecule has 0 aliphatic carbocycles. The predicted octanol–water partition coefficient (Wildman–Crippen LogP) is 4.25. The van der Waals surface area contributed by atoms with Crippen LogP contribution >= 0.6 is 39.1 Å². The molecule has 2 aromatic rings. The van der Waals surface area contributed by atoms with Crippen molar-refractivity contribution in [1.29, 1.82) is 0 Å². The fraction of sp³-hybridized carbons (Fsp3) is 0.0833. The molecule has 1 N–H and O–H groups in total. The van der Waals surface area contributed by atoms with Crippen LogP contribution in [0.4, 0.5) is 10.1 Å². The summed E-state index contributed by atoms with van der Waals surface area (Å²) < 4.78 is 13.8. The lowest BCUT2D eigenvalue weighted by Gasteiger charge is -2.10. The van der Waals surface area contributed by atoms with Gasteiger partial charge >= 0.3 is 0 Å². The van der Waals surface area contributed by atoms with Gasteiger partial charge in [0.1, 0.15) is 5.82 Å². The highest BCUT2D eigenvalue weighted by Gasteiger charge is 2.15. The van der Waals surface area contributed by atoms with Gasteiger partial charge in [-0.3, -0.25) is 4.79 Å². The lowest BCUT2D eigenvalue weighted by molar-refractivity contribution is 0.102. The molecule has 1 aromatic heterocycles. The Balaban J connectivity index is 2.32. The van der Waals surface area contributed by atoms with E-state index in [2.05, 4.69) is 31.4 Å². The number of aryl methyl sites for hydroxylation is 1. The first-order chi connectivity index (χ1) is 9.38. The topological polar surface area (TPSA) is 54.9 Å². The highest BCUT2D eigenvalue weighted by atomic mass is 79.9. The molecular weight excluding hydrogens is 372 g/mol. The molecule has 0 aliphatic rings. The van der Waals surface area contributed by atoms with Gasteiger partial charge in [-0.25, -0.2) is 4.39 Å². The van der Waals surface area contributed by atoms with Crippen molar-refractivity contribution in [3.63, 3.8) is 0 Å². The van der Waals surface area contributed by atoms with Crippen molar-refractivity contribution in [3.05, 3.63) is 49.9 Å². The summed E-state index contributed by atoms with van der Waals surface area (Å²) in [7, 11) is 0. The van der Waals surface area contributed by atoms with E-state index in [-0.39, 0.29) is 15.9 Å². The molecule has 2 rings (SSSR count). The van der Waals surface area contributed by atoms with Gasteiger partial charge in [-0.15, -0.1) is 10.2 Å². The summed E-state index contributed by atoms with van der Waals surface area (Å²) in [4.78, 5) is 12.1. The van der Waals surface area contributed by atoms with Crippen LogP contribution < -0.4 is 5.32 Å². The molecule has 8 heteroatoms. The molecule has 0 atom stereocenters. The minimum absolute atomic E-state index is 0.0401. The lowest BCUT2D eigenvalue weighted by Crippen LogP contribution is -2.14. The summed E-state index contributed by atoms with van der Waals surface area (Å²) >= 11 is 14.5. The Bertz CT molecular complexity index is 697. The van der Waals surface area contributed by atoms with Crippen LogP contribution in [0.2, 0.25) is 10.3 Å². The number of nitrogens with one attached hydrogen (secondary N) is 1. The molecule has 0 unspecified atom stereocenters. The zero-order valence-corrected chi connectivity index (χ0v) is 13.1. The quantitative estimate of drug-likeness (QED) is 0.849. The maximum Gasteiger partial charge on any atom is 0.258 e. The van der Waals surface area contributed by atoms with Gasteiger partial charge < -0.3 is 5.32 Å². The standard InChI is InChI=1S/C12H7BrCl2FN3O/c1-5-2-7(13)8(16)4-9(5)17-12(20)6-3-10(14)18-19-11(6)15/h2-4H,1H3,(H,17,20). The second kappa shape index (κ2) is 6.03. The van der Waals surface area contributed by atoms with E-state index in [1.54, 1.807) is 13.0 Å². The van der Waals surface area contributed by atoms with E-state index in [1.165, 1.54) is 12.1 Å². The monoisotopic (exact) mass is 377 g/mol. The number of nitrogens with zero attached hydrogens (tertiary/aromatic N) is 2. The second-order valence-electron chi connectivity index (χ2n) is 3.91. The molecule has 0 saturated heterocycles. The molecule has 0 spiro atoms. The SMILES string of the molecule is Cc1cc(Br)c(F)cc1NC(=O)c1cc(Cl)nnc1Cl. The molecule has 20 heavy (non-hydrogen) atoms. The van der Waals surface area contributed by atoms with E-state index in [1.807, 2.05) is 0 Å². The minimum Gasteiger partial charge on any atom is -0.322 e. The van der Waals surface area contributed by atoms with E-state index in [0.717, 1.165) is 0 Å². The first-order valence-corrected chi connectivity index (χ1v) is 6.89. The summed E-state index contributed by atoms with van der Waals surface area (Å²) in [5.74, 6) is -1.03. The van der Waals surface area contributed by atoms with Gasteiger partial charge in [0.2, 0.25) is 0 Å². The number of aromatic nitrogens is 2. The van der Waals surface area contributed by atoms with Crippen LogP contribution in [-0.4, -0.2) is 16.1 Å². The molecule has 0 aliphatic heterocycles. The van der Waals surface area contributed by atoms with Crippen LogP contribution in [0.25, 0.3) is 0 Å². The van der Waals surface area contributed by atoms with Crippen molar-refractivity contribution >= 4 is 50.7 Å². The van der Waals surface area contributed by atoms with Crippen molar-refractivity contribution in [2.24, 2.45) is 0 Å². The van der Waals surface area contributed by atoms with Crippen LogP contribution in [0.3, 0.4) is 0 Å². The van der Waals surface area contributed by atoms with Gasteiger partial charge in [-0.1, -0.05) is 23.2 Å². The average molecular weight is 379 g/mol. The summed E-state index contributed by atoms with van der Waals surface area (Å²) in [6, 6.07) is 4.06. The zero-order chi connectivity index (χ0) is 14.9. The molecule has 1 amide bonds. The van der Waals surface area contributed by atoms with Crippen molar-refractivity contribution in [1.82, 2.24) is 10.2 Å². The Morgan fingerprint density at radius 1 is 1.30 bits per heavy atom. The molecule has 0 fully saturated rings. The average Bonchev–Trinajstić information content (AvgIpc) is 2.38. The lowest BCUT2D eigenvalue weighted by atomic mass is 10.2. The van der Waals surface area contributed by atoms with Gasteiger partial charge in [0, 0.05) is 5.69 Å². The third-order valence-electron chi connectivity index (χ3n) is 2.48. The number of amides is 1. The molecular formula is C12H7BrCl2FN3O. The van der Waals surface area contributed by atoms with Crippen LogP contribution in [0.5, 0.6) is 0 Å². The highest BCUT2D eigenvalue weighted by Crippen LogP contribution is 2.25. The Kier molecular flexibility index (Phi) is 4.57. The number of carbonyl (C=O) groups is 1. The van der Waals surface area contributed by atoms with E-state index < -0.39 is 11.7 Å². The van der Waals surface area contributed by atoms with Crippen molar-refractivity contribution in [3.8, 4) is 0 Å². The molecule has 0 saturated carbocycles. The first kappa shape index (κ1) is 15.2. The van der Waals surface area contributed by atoms with E-state index in [0.29, 0.717) is 15.7 Å². The maximum absolute atomic E-state index is 13.5. The van der Waals surface area contributed by atoms with Gasteiger partial charge in [0.15, 0.2) is 10.3 Å². The second-order valence-corrected chi connectivity index (χ2v) is 5.51. The molecule has 0 radical (unpaired) electrons. The van der Waals surface area contributed by atoms with Crippen molar-refractivity contribution < 1.29 is 9.18 Å². The molecule has 1 heterocycles. The predicted molar refractivity (Wildman–Crippen MR) is 78.8 cm³/mol. The van der Waals surface area contributed by atoms with Gasteiger partial charge in [0.25, 0.3) is 5.91 Å². The largest absolute Gasteiger partial charge is 0.322 e. The van der Waals surface area contributed by atoms with E-state index >= 15 is 0 Å². The smallest absolute Gasteiger partial charge is 0.258 e. The number of hydrogen-bond acceptors (Lipinski definition) is 3. The Hall–Kier alpha value is -1.24. The number of anilines is 1. The summed E-state index contributed by atoms with van der Waals surface area (Å²) in [5, 5.41) is 9.56. The fourth-order valence-electron chi connectivity index (χ4n) is 1.48. The van der Waals surface area contributed by atoms with Gasteiger partial charge in [-0.05, 0) is 46.6 Å². The number of carbonyl (C=O) groups excluding carboxylic acids is 1. The first-order valence-electron chi connectivity index (χ1n) is 5.34. The Morgan fingerprint density at radius 3 is 2.70 bits per heavy atom. The van der Waals surface area contributed by atoms with Crippen LogP contribution in [-0.2, 0) is 0 Å².